The topological polar surface area (TPSA) is 71.5 Å². The summed E-state index contributed by atoms with van der Waals surface area (Å²) >= 11 is 0. The molecule has 2 heterocycles. The van der Waals surface area contributed by atoms with E-state index in [0.717, 1.165) is 16.6 Å². The fourth-order valence-electron chi connectivity index (χ4n) is 2.98. The average molecular weight is 347 g/mol. The van der Waals surface area contributed by atoms with Crippen molar-refractivity contribution in [2.75, 3.05) is 23.4 Å². The van der Waals surface area contributed by atoms with Gasteiger partial charge in [0.1, 0.15) is 6.61 Å². The van der Waals surface area contributed by atoms with Gasteiger partial charge in [-0.25, -0.2) is 4.79 Å². The van der Waals surface area contributed by atoms with Crippen LogP contribution in [-0.4, -0.2) is 30.1 Å². The van der Waals surface area contributed by atoms with Gasteiger partial charge in [-0.15, -0.1) is 0 Å². The predicted octanol–water partition coefficient (Wildman–Crippen LogP) is 3.75. The van der Waals surface area contributed by atoms with Gasteiger partial charge in [0.15, 0.2) is 0 Å². The van der Waals surface area contributed by atoms with Crippen LogP contribution in [0.1, 0.15) is 16.1 Å². The van der Waals surface area contributed by atoms with Crippen LogP contribution in [0.25, 0.3) is 10.9 Å². The summed E-state index contributed by atoms with van der Waals surface area (Å²) in [6, 6.07) is 16.5. The second-order valence-corrected chi connectivity index (χ2v) is 6.10. The van der Waals surface area contributed by atoms with Crippen molar-refractivity contribution >= 4 is 34.3 Å². The van der Waals surface area contributed by atoms with E-state index >= 15 is 0 Å². The number of benzene rings is 2. The van der Waals surface area contributed by atoms with Crippen molar-refractivity contribution in [1.29, 1.82) is 0 Å². The van der Waals surface area contributed by atoms with Gasteiger partial charge in [-0.2, -0.15) is 0 Å². The van der Waals surface area contributed by atoms with Gasteiger partial charge in [-0.05, 0) is 37.3 Å². The van der Waals surface area contributed by atoms with Gasteiger partial charge in [0.2, 0.25) is 0 Å². The van der Waals surface area contributed by atoms with E-state index in [-0.39, 0.29) is 5.91 Å². The van der Waals surface area contributed by atoms with Crippen LogP contribution in [0, 0.1) is 6.92 Å². The lowest BCUT2D eigenvalue weighted by molar-refractivity contribution is 0.102. The van der Waals surface area contributed by atoms with Crippen LogP contribution >= 0.6 is 0 Å². The summed E-state index contributed by atoms with van der Waals surface area (Å²) < 4.78 is 4.95. The number of ether oxygens (including phenoxy) is 1. The number of aromatic nitrogens is 1. The predicted molar refractivity (Wildman–Crippen MR) is 99.6 cm³/mol. The Bertz CT molecular complexity index is 1020. The summed E-state index contributed by atoms with van der Waals surface area (Å²) in [5.41, 5.74) is 3.40. The highest BCUT2D eigenvalue weighted by Gasteiger charge is 2.24. The summed E-state index contributed by atoms with van der Waals surface area (Å²) in [5, 5.41) is 3.88. The highest BCUT2D eigenvalue weighted by Crippen LogP contribution is 2.24. The summed E-state index contributed by atoms with van der Waals surface area (Å²) in [6.45, 7) is 2.75. The van der Waals surface area contributed by atoms with Gasteiger partial charge in [-0.1, -0.05) is 24.3 Å². The second kappa shape index (κ2) is 6.48. The van der Waals surface area contributed by atoms with E-state index in [1.54, 1.807) is 24.3 Å². The van der Waals surface area contributed by atoms with Crippen molar-refractivity contribution in [3.05, 3.63) is 65.9 Å². The summed E-state index contributed by atoms with van der Waals surface area (Å²) in [7, 11) is 0. The van der Waals surface area contributed by atoms with E-state index < -0.39 is 6.09 Å². The van der Waals surface area contributed by atoms with E-state index in [1.165, 1.54) is 4.90 Å². The first-order valence-corrected chi connectivity index (χ1v) is 8.34. The van der Waals surface area contributed by atoms with Crippen LogP contribution in [0.4, 0.5) is 16.2 Å². The number of hydrogen-bond donors (Lipinski definition) is 1. The molecule has 0 saturated carbocycles. The average Bonchev–Trinajstić information content (AvgIpc) is 3.08. The number of carbonyl (C=O) groups is 2. The molecule has 0 unspecified atom stereocenters. The summed E-state index contributed by atoms with van der Waals surface area (Å²) in [4.78, 5) is 30.5. The van der Waals surface area contributed by atoms with Gasteiger partial charge in [0.05, 0.1) is 17.7 Å². The molecule has 130 valence electrons. The molecule has 1 N–H and O–H groups in total. The number of hydrogen-bond acceptors (Lipinski definition) is 4. The van der Waals surface area contributed by atoms with Gasteiger partial charge in [0.25, 0.3) is 5.91 Å². The molecule has 0 bridgehead atoms. The zero-order chi connectivity index (χ0) is 18.1. The van der Waals surface area contributed by atoms with Crippen LogP contribution in [0.5, 0.6) is 0 Å². The Hall–Kier alpha value is -3.41. The minimum Gasteiger partial charge on any atom is -0.447 e. The number of rotatable bonds is 3. The van der Waals surface area contributed by atoms with Crippen molar-refractivity contribution in [2.45, 2.75) is 6.92 Å². The van der Waals surface area contributed by atoms with Crippen LogP contribution < -0.4 is 10.2 Å². The minimum absolute atomic E-state index is 0.254. The van der Waals surface area contributed by atoms with Crippen LogP contribution in [0.15, 0.2) is 54.6 Å². The molecule has 0 spiro atoms. The molecule has 1 aliphatic heterocycles. The minimum atomic E-state index is -0.392. The molecule has 4 rings (SSSR count). The van der Waals surface area contributed by atoms with E-state index in [2.05, 4.69) is 10.3 Å². The van der Waals surface area contributed by atoms with Gasteiger partial charge in [0, 0.05) is 22.3 Å². The van der Waals surface area contributed by atoms with Gasteiger partial charge < -0.3 is 10.1 Å². The molecular weight excluding hydrogens is 330 g/mol. The number of anilines is 2. The standard InChI is InChI=1S/C20H17N3O3/c1-13-8-9-14-4-3-7-17(18(14)21-13)22-19(24)15-5-2-6-16(12-15)23-10-11-26-20(23)25/h2-9,12H,10-11H2,1H3,(H,22,24). The first-order valence-electron chi connectivity index (χ1n) is 8.34. The molecule has 6 heteroatoms. The number of para-hydroxylation sites is 1. The van der Waals surface area contributed by atoms with Crippen LogP contribution in [0.3, 0.4) is 0 Å². The SMILES string of the molecule is Cc1ccc2cccc(NC(=O)c3cccc(N4CCOC4=O)c3)c2n1. The largest absolute Gasteiger partial charge is 0.447 e. The van der Waals surface area contributed by atoms with Crippen molar-refractivity contribution < 1.29 is 14.3 Å². The van der Waals surface area contributed by atoms with Crippen molar-refractivity contribution in [3.63, 3.8) is 0 Å². The molecule has 3 aromatic rings. The molecule has 6 nitrogen and oxygen atoms in total. The Kier molecular flexibility index (Phi) is 4.01. The first kappa shape index (κ1) is 16.1. The normalized spacial score (nSPS) is 13.7. The molecule has 1 aromatic heterocycles. The molecule has 0 radical (unpaired) electrons. The van der Waals surface area contributed by atoms with E-state index in [0.29, 0.717) is 30.1 Å². The van der Waals surface area contributed by atoms with E-state index in [9.17, 15) is 9.59 Å². The van der Waals surface area contributed by atoms with E-state index in [1.807, 2.05) is 37.3 Å². The van der Waals surface area contributed by atoms with E-state index in [4.69, 9.17) is 4.74 Å². The number of nitrogens with one attached hydrogen (secondary N) is 1. The van der Waals surface area contributed by atoms with Crippen molar-refractivity contribution in [3.8, 4) is 0 Å². The Morgan fingerprint density at radius 3 is 2.81 bits per heavy atom. The molecule has 2 aromatic carbocycles. The maximum absolute atomic E-state index is 12.7. The molecule has 1 fully saturated rings. The zero-order valence-corrected chi connectivity index (χ0v) is 14.2. The smallest absolute Gasteiger partial charge is 0.414 e. The number of cyclic esters (lactones) is 1. The first-order chi connectivity index (χ1) is 12.6. The third-order valence-corrected chi connectivity index (χ3v) is 4.29. The fourth-order valence-corrected chi connectivity index (χ4v) is 2.98. The van der Waals surface area contributed by atoms with Crippen LogP contribution in [-0.2, 0) is 4.74 Å². The Morgan fingerprint density at radius 2 is 2.00 bits per heavy atom. The third-order valence-electron chi connectivity index (χ3n) is 4.29. The fraction of sp³-hybridized carbons (Fsp3) is 0.150. The zero-order valence-electron chi connectivity index (χ0n) is 14.2. The number of amides is 2. The van der Waals surface area contributed by atoms with Crippen LogP contribution in [0.2, 0.25) is 0 Å². The lowest BCUT2D eigenvalue weighted by Crippen LogP contribution is -2.23. The lowest BCUT2D eigenvalue weighted by Gasteiger charge is -2.14. The van der Waals surface area contributed by atoms with Crippen molar-refractivity contribution in [2.24, 2.45) is 0 Å². The molecule has 2 amide bonds. The monoisotopic (exact) mass is 347 g/mol. The van der Waals surface area contributed by atoms with Crippen molar-refractivity contribution in [1.82, 2.24) is 4.98 Å². The quantitative estimate of drug-likeness (QED) is 0.783. The number of carbonyl (C=O) groups excluding carboxylic acids is 2. The maximum Gasteiger partial charge on any atom is 0.414 e. The molecule has 0 aliphatic carbocycles. The molecular formula is C20H17N3O3. The lowest BCUT2D eigenvalue weighted by atomic mass is 10.1. The molecule has 1 aliphatic rings. The maximum atomic E-state index is 12.7. The van der Waals surface area contributed by atoms with Gasteiger partial charge in [-0.3, -0.25) is 14.7 Å². The second-order valence-electron chi connectivity index (χ2n) is 6.10. The highest BCUT2D eigenvalue weighted by molar-refractivity contribution is 6.09. The third kappa shape index (κ3) is 2.97. The number of nitrogens with zero attached hydrogens (tertiary/aromatic N) is 2. The molecule has 26 heavy (non-hydrogen) atoms. The Morgan fingerprint density at radius 1 is 1.15 bits per heavy atom. The summed E-state index contributed by atoms with van der Waals surface area (Å²) in [5.74, 6) is -0.254. The van der Waals surface area contributed by atoms with Gasteiger partial charge >= 0.3 is 6.09 Å². The summed E-state index contributed by atoms with van der Waals surface area (Å²) in [6.07, 6.45) is -0.392. The number of aryl methyl sites for hydroxylation is 1. The highest BCUT2D eigenvalue weighted by atomic mass is 16.6. The Balaban J connectivity index is 1.63. The Labute approximate surface area is 150 Å². The molecule has 0 atom stereocenters. The molecule has 1 saturated heterocycles. The number of pyridine rings is 1. The number of fused-ring (bicyclic) bond motifs is 1.